The average Bonchev–Trinajstić information content (AvgIpc) is 3.69. The predicted octanol–water partition coefficient (Wildman–Crippen LogP) is 10.0. The van der Waals surface area contributed by atoms with Crippen LogP contribution in [0.15, 0.2) is 156 Å². The zero-order valence-corrected chi connectivity index (χ0v) is 26.2. The van der Waals surface area contributed by atoms with Gasteiger partial charge in [-0.1, -0.05) is 169 Å². The summed E-state index contributed by atoms with van der Waals surface area (Å²) in [4.78, 5) is 0. The van der Waals surface area contributed by atoms with Crippen LogP contribution in [0.2, 0.25) is 0 Å². The van der Waals surface area contributed by atoms with Gasteiger partial charge in [0.1, 0.15) is 0 Å². The van der Waals surface area contributed by atoms with Gasteiger partial charge in [0.25, 0.3) is 0 Å². The summed E-state index contributed by atoms with van der Waals surface area (Å²) in [5, 5.41) is 7.30. The Morgan fingerprint density at radius 3 is 1.64 bits per heavy atom. The summed E-state index contributed by atoms with van der Waals surface area (Å²) in [5.41, 5.74) is 0. The topological polar surface area (TPSA) is 34.1 Å². The quantitative estimate of drug-likeness (QED) is 0.184. The number of hydrogen-bond donors (Lipinski definition) is 0. The van der Waals surface area contributed by atoms with Gasteiger partial charge in [-0.25, -0.2) is 0 Å². The Labute approximate surface area is 247 Å². The van der Waals surface area contributed by atoms with Gasteiger partial charge in [0.05, 0.1) is 17.8 Å². The summed E-state index contributed by atoms with van der Waals surface area (Å²) >= 11 is 6.34. The van der Waals surface area contributed by atoms with Crippen LogP contribution in [-0.2, 0) is 9.13 Å². The van der Waals surface area contributed by atoms with Crippen molar-refractivity contribution in [3.63, 3.8) is 0 Å². The molecule has 0 aromatic heterocycles. The molecule has 2 aliphatic rings. The number of benzene rings is 3. The summed E-state index contributed by atoms with van der Waals surface area (Å²) < 4.78 is 33.5. The molecule has 0 spiro atoms. The van der Waals surface area contributed by atoms with Crippen LogP contribution in [0.1, 0.15) is 6.92 Å². The first kappa shape index (κ1) is 28.5. The molecule has 3 aromatic carbocycles. The molecule has 196 valence electrons. The molecule has 2 heterocycles. The summed E-state index contributed by atoms with van der Waals surface area (Å²) in [6.07, 6.45) is 7.36. The molecule has 0 fully saturated rings. The van der Waals surface area contributed by atoms with Crippen LogP contribution in [0.3, 0.4) is 0 Å². The Hall–Kier alpha value is -2.04. The molecule has 0 amide bonds. The van der Waals surface area contributed by atoms with Gasteiger partial charge in [-0.3, -0.25) is 0 Å². The fourth-order valence-electron chi connectivity index (χ4n) is 4.22. The summed E-state index contributed by atoms with van der Waals surface area (Å²) in [6, 6.07) is 29.2. The Kier molecular flexibility index (Phi) is 9.23. The van der Waals surface area contributed by atoms with Gasteiger partial charge >= 0.3 is 0 Å². The second-order valence-corrected chi connectivity index (χ2v) is 18.9. The first-order valence-electron chi connectivity index (χ1n) is 12.2. The van der Waals surface area contributed by atoms with Crippen molar-refractivity contribution in [2.75, 3.05) is 0 Å². The zero-order chi connectivity index (χ0) is 27.3. The van der Waals surface area contributed by atoms with Crippen LogP contribution in [-0.4, -0.2) is 0 Å². The van der Waals surface area contributed by atoms with Crippen molar-refractivity contribution < 1.29 is 9.13 Å². The second-order valence-electron chi connectivity index (χ2n) is 8.46. The largest absolute Gasteiger partial charge is 0.308 e. The third-order valence-electron chi connectivity index (χ3n) is 6.14. The van der Waals surface area contributed by atoms with E-state index in [2.05, 4.69) is 6.58 Å². The first-order chi connectivity index (χ1) is 19.0. The van der Waals surface area contributed by atoms with Crippen LogP contribution in [0, 0.1) is 0 Å². The first-order valence-corrected chi connectivity index (χ1v) is 19.0. The highest BCUT2D eigenvalue weighted by molar-refractivity contribution is 8.37. The van der Waals surface area contributed by atoms with Gasteiger partial charge in [-0.05, 0) is 17.7 Å². The lowest BCUT2D eigenvalue weighted by atomic mass is 10.4. The van der Waals surface area contributed by atoms with Gasteiger partial charge in [0, 0.05) is 21.2 Å². The highest BCUT2D eigenvalue weighted by Crippen LogP contribution is 2.72. The molecular formula is C31H26O2P2S4. The third-order valence-corrected chi connectivity index (χ3v) is 19.2. The Morgan fingerprint density at radius 2 is 1.15 bits per heavy atom. The Morgan fingerprint density at radius 1 is 0.692 bits per heavy atom. The lowest BCUT2D eigenvalue weighted by Crippen LogP contribution is -2.16. The number of allylic oxidation sites excluding steroid dienone is 5. The molecule has 3 aromatic rings. The monoisotopic (exact) mass is 620 g/mol. The standard InChI is InChI=1S/C31H26O2P2S4/c1-3-5-15-24(4-2)34(32,25-16-9-6-10-17-25)28-22-36-30(38-28)31-37-23-29(39-31)35(33,26-18-11-7-12-19-26)27-20-13-8-14-21-27/h3-23H,1H2,2H3/b15-5-,24-4+,31-30+. The van der Waals surface area contributed by atoms with Crippen molar-refractivity contribution in [3.8, 4) is 0 Å². The molecule has 5 rings (SSSR count). The van der Waals surface area contributed by atoms with Gasteiger partial charge in [-0.15, -0.1) is 0 Å². The number of thioether (sulfide) groups is 4. The molecule has 0 N–H and O–H groups in total. The van der Waals surface area contributed by atoms with E-state index in [1.807, 2.05) is 127 Å². The van der Waals surface area contributed by atoms with Gasteiger partial charge in [0.15, 0.2) is 14.3 Å². The SMILES string of the molecule is C=C/C=C\C(=C/C)P(=O)(C1=CS/C(=C2/SC=C(P(=O)(c3ccccc3)c3ccccc3)S2)S1)c1ccccc1. The minimum absolute atomic E-state index is 0.780. The normalized spacial score (nSPS) is 19.6. The highest BCUT2D eigenvalue weighted by Gasteiger charge is 2.39. The van der Waals surface area contributed by atoms with Crippen molar-refractivity contribution >= 4 is 77.2 Å². The fraction of sp³-hybridized carbons (Fsp3) is 0.0323. The van der Waals surface area contributed by atoms with E-state index >= 15 is 0 Å². The Bertz CT molecular complexity index is 1580. The molecule has 2 nitrogen and oxygen atoms in total. The number of hydrogen-bond acceptors (Lipinski definition) is 6. The van der Waals surface area contributed by atoms with E-state index in [1.165, 1.54) is 0 Å². The predicted molar refractivity (Wildman–Crippen MR) is 180 cm³/mol. The minimum atomic E-state index is -3.07. The van der Waals surface area contributed by atoms with Crippen molar-refractivity contribution in [2.24, 2.45) is 0 Å². The summed E-state index contributed by atoms with van der Waals surface area (Å²) in [6.45, 7) is 5.71. The highest BCUT2D eigenvalue weighted by atomic mass is 32.2. The van der Waals surface area contributed by atoms with E-state index in [4.69, 9.17) is 0 Å². The van der Waals surface area contributed by atoms with E-state index in [-0.39, 0.29) is 0 Å². The third kappa shape index (κ3) is 5.61. The van der Waals surface area contributed by atoms with Crippen molar-refractivity contribution in [1.82, 2.24) is 0 Å². The zero-order valence-electron chi connectivity index (χ0n) is 21.2. The van der Waals surface area contributed by atoms with Crippen LogP contribution in [0.5, 0.6) is 0 Å². The van der Waals surface area contributed by atoms with E-state index in [1.54, 1.807) is 53.1 Å². The van der Waals surface area contributed by atoms with E-state index in [0.29, 0.717) is 0 Å². The molecule has 8 heteroatoms. The molecule has 0 bridgehead atoms. The molecule has 1 atom stereocenters. The van der Waals surface area contributed by atoms with Crippen molar-refractivity contribution in [1.29, 1.82) is 0 Å². The smallest absolute Gasteiger partial charge is 0.177 e. The Balaban J connectivity index is 1.48. The van der Waals surface area contributed by atoms with Crippen molar-refractivity contribution in [2.45, 2.75) is 6.92 Å². The van der Waals surface area contributed by atoms with Crippen molar-refractivity contribution in [3.05, 3.63) is 156 Å². The molecular weight excluding hydrogens is 595 g/mol. The van der Waals surface area contributed by atoms with Crippen LogP contribution >= 0.6 is 61.3 Å². The maximum atomic E-state index is 14.9. The van der Waals surface area contributed by atoms with Gasteiger partial charge < -0.3 is 9.13 Å². The molecule has 39 heavy (non-hydrogen) atoms. The molecule has 0 radical (unpaired) electrons. The minimum Gasteiger partial charge on any atom is -0.308 e. The van der Waals surface area contributed by atoms with E-state index < -0.39 is 14.3 Å². The lowest BCUT2D eigenvalue weighted by molar-refractivity contribution is 0.590. The maximum absolute atomic E-state index is 14.9. The number of rotatable bonds is 8. The molecule has 0 aliphatic carbocycles. The molecule has 2 aliphatic heterocycles. The average molecular weight is 621 g/mol. The maximum Gasteiger partial charge on any atom is 0.177 e. The van der Waals surface area contributed by atoms with Crippen LogP contribution < -0.4 is 15.9 Å². The molecule has 0 saturated carbocycles. The van der Waals surface area contributed by atoms with E-state index in [0.717, 1.165) is 39.0 Å². The second kappa shape index (κ2) is 12.6. The molecule has 1 unspecified atom stereocenters. The lowest BCUT2D eigenvalue weighted by Gasteiger charge is -2.21. The van der Waals surface area contributed by atoms with Gasteiger partial charge in [-0.2, -0.15) is 0 Å². The summed E-state index contributed by atoms with van der Waals surface area (Å²) in [5.74, 6) is 0. The molecule has 0 saturated heterocycles. The summed E-state index contributed by atoms with van der Waals surface area (Å²) in [7, 11) is -6.10. The van der Waals surface area contributed by atoms with Crippen LogP contribution in [0.25, 0.3) is 0 Å². The fourth-order valence-corrected chi connectivity index (χ4v) is 17.1. The van der Waals surface area contributed by atoms with Crippen LogP contribution in [0.4, 0.5) is 0 Å². The van der Waals surface area contributed by atoms with E-state index in [9.17, 15) is 9.13 Å². The van der Waals surface area contributed by atoms with Gasteiger partial charge in [0.2, 0.25) is 0 Å².